The van der Waals surface area contributed by atoms with Gasteiger partial charge in [-0.15, -0.1) is 0 Å². The van der Waals surface area contributed by atoms with Crippen LogP contribution in [-0.2, 0) is 6.54 Å². The van der Waals surface area contributed by atoms with Crippen molar-refractivity contribution >= 4 is 11.6 Å². The van der Waals surface area contributed by atoms with Crippen molar-refractivity contribution in [1.29, 1.82) is 0 Å². The van der Waals surface area contributed by atoms with Gasteiger partial charge in [-0.2, -0.15) is 0 Å². The molecule has 0 unspecified atom stereocenters. The molecule has 3 aromatic carbocycles. The fourth-order valence-corrected chi connectivity index (χ4v) is 3.95. The Morgan fingerprint density at radius 2 is 1.57 bits per heavy atom. The molecule has 1 saturated heterocycles. The Morgan fingerprint density at radius 3 is 2.20 bits per heavy atom. The predicted octanol–water partition coefficient (Wildman–Crippen LogP) is 3.78. The van der Waals surface area contributed by atoms with Gasteiger partial charge in [-0.05, 0) is 53.1 Å². The highest BCUT2D eigenvalue weighted by Gasteiger charge is 2.18. The summed E-state index contributed by atoms with van der Waals surface area (Å²) in [6.45, 7) is 4.83. The van der Waals surface area contributed by atoms with Crippen molar-refractivity contribution in [2.45, 2.75) is 6.54 Å². The van der Waals surface area contributed by atoms with Crippen LogP contribution >= 0.6 is 0 Å². The first-order valence-corrected chi connectivity index (χ1v) is 10.2. The van der Waals surface area contributed by atoms with Crippen LogP contribution in [0.2, 0.25) is 0 Å². The van der Waals surface area contributed by atoms with E-state index in [0.29, 0.717) is 5.56 Å². The van der Waals surface area contributed by atoms with Gasteiger partial charge in [0.15, 0.2) is 0 Å². The number of nitrogens with two attached hydrogens (primary N) is 1. The monoisotopic (exact) mass is 401 g/mol. The van der Waals surface area contributed by atoms with E-state index in [1.807, 2.05) is 24.3 Å². The number of hydrogen-bond donors (Lipinski definition) is 1. The number of ether oxygens (including phenoxy) is 1. The summed E-state index contributed by atoms with van der Waals surface area (Å²) in [6.07, 6.45) is 0. The maximum atomic E-state index is 11.3. The van der Waals surface area contributed by atoms with Crippen molar-refractivity contribution in [3.05, 3.63) is 83.9 Å². The summed E-state index contributed by atoms with van der Waals surface area (Å²) in [4.78, 5) is 16.1. The number of carbonyl (C=O) groups is 1. The Kier molecular flexibility index (Phi) is 6.00. The predicted molar refractivity (Wildman–Crippen MR) is 121 cm³/mol. The van der Waals surface area contributed by atoms with E-state index >= 15 is 0 Å². The lowest BCUT2D eigenvalue weighted by Crippen LogP contribution is -2.46. The zero-order valence-corrected chi connectivity index (χ0v) is 17.3. The van der Waals surface area contributed by atoms with Crippen molar-refractivity contribution in [3.8, 4) is 16.9 Å². The molecule has 1 aliphatic heterocycles. The third-order valence-electron chi connectivity index (χ3n) is 5.70. The molecular weight excluding hydrogens is 374 g/mol. The van der Waals surface area contributed by atoms with Crippen LogP contribution in [0, 0.1) is 0 Å². The molecule has 0 aromatic heterocycles. The molecule has 1 fully saturated rings. The van der Waals surface area contributed by atoms with Gasteiger partial charge in [0.2, 0.25) is 5.91 Å². The van der Waals surface area contributed by atoms with Crippen molar-refractivity contribution in [2.24, 2.45) is 5.73 Å². The number of primary amides is 1. The van der Waals surface area contributed by atoms with E-state index in [1.54, 1.807) is 19.2 Å². The molecule has 0 saturated carbocycles. The third kappa shape index (κ3) is 4.47. The summed E-state index contributed by atoms with van der Waals surface area (Å²) in [5, 5.41) is 0. The first kappa shape index (κ1) is 20.0. The van der Waals surface area contributed by atoms with E-state index in [2.05, 4.69) is 46.2 Å². The number of benzene rings is 3. The zero-order chi connectivity index (χ0) is 20.9. The number of nitrogens with zero attached hydrogens (tertiary/aromatic N) is 2. The second kappa shape index (κ2) is 9.01. The summed E-state index contributed by atoms with van der Waals surface area (Å²) in [6, 6.07) is 24.4. The average Bonchev–Trinajstić information content (AvgIpc) is 2.80. The number of carbonyl (C=O) groups excluding carboxylic acids is 1. The van der Waals surface area contributed by atoms with Gasteiger partial charge in [-0.1, -0.05) is 36.4 Å². The van der Waals surface area contributed by atoms with E-state index in [1.165, 1.54) is 16.7 Å². The van der Waals surface area contributed by atoms with E-state index in [9.17, 15) is 4.79 Å². The SMILES string of the molecule is COc1ccc(-c2ccccc2CN2CCN(c3ccc(C(N)=O)cc3)CC2)cc1. The molecule has 3 aromatic rings. The van der Waals surface area contributed by atoms with Crippen molar-refractivity contribution < 1.29 is 9.53 Å². The number of hydrogen-bond acceptors (Lipinski definition) is 4. The smallest absolute Gasteiger partial charge is 0.248 e. The summed E-state index contributed by atoms with van der Waals surface area (Å²) in [7, 11) is 1.69. The molecule has 4 rings (SSSR count). The Bertz CT molecular complexity index is 992. The highest BCUT2D eigenvalue weighted by Crippen LogP contribution is 2.27. The van der Waals surface area contributed by atoms with Crippen molar-refractivity contribution in [1.82, 2.24) is 4.90 Å². The number of anilines is 1. The molecule has 2 N–H and O–H groups in total. The third-order valence-corrected chi connectivity index (χ3v) is 5.70. The van der Waals surface area contributed by atoms with Crippen molar-refractivity contribution in [2.75, 3.05) is 38.2 Å². The maximum Gasteiger partial charge on any atom is 0.248 e. The Morgan fingerprint density at radius 1 is 0.900 bits per heavy atom. The van der Waals surface area contributed by atoms with Gasteiger partial charge in [0, 0.05) is 44.0 Å². The molecule has 0 radical (unpaired) electrons. The first-order valence-electron chi connectivity index (χ1n) is 10.2. The molecule has 1 heterocycles. The Labute approximate surface area is 177 Å². The zero-order valence-electron chi connectivity index (χ0n) is 17.3. The molecule has 0 atom stereocenters. The van der Waals surface area contributed by atoms with Gasteiger partial charge in [-0.3, -0.25) is 9.69 Å². The van der Waals surface area contributed by atoms with Gasteiger partial charge < -0.3 is 15.4 Å². The van der Waals surface area contributed by atoms with Gasteiger partial charge in [0.25, 0.3) is 0 Å². The molecule has 30 heavy (non-hydrogen) atoms. The summed E-state index contributed by atoms with van der Waals surface area (Å²) in [5.41, 5.74) is 10.8. The van der Waals surface area contributed by atoms with Crippen LogP contribution in [0.15, 0.2) is 72.8 Å². The Balaban J connectivity index is 1.41. The van der Waals surface area contributed by atoms with E-state index in [4.69, 9.17) is 10.5 Å². The fraction of sp³-hybridized carbons (Fsp3) is 0.240. The van der Waals surface area contributed by atoms with Crippen LogP contribution in [0.5, 0.6) is 5.75 Å². The van der Waals surface area contributed by atoms with Gasteiger partial charge in [0.05, 0.1) is 7.11 Å². The van der Waals surface area contributed by atoms with E-state index < -0.39 is 0 Å². The summed E-state index contributed by atoms with van der Waals surface area (Å²) < 4.78 is 5.29. The molecule has 0 aliphatic carbocycles. The van der Waals surface area contributed by atoms with Gasteiger partial charge in [-0.25, -0.2) is 0 Å². The lowest BCUT2D eigenvalue weighted by atomic mass is 9.99. The molecule has 1 amide bonds. The number of piperazine rings is 1. The lowest BCUT2D eigenvalue weighted by molar-refractivity contribution is 0.100. The van der Waals surface area contributed by atoms with Crippen LogP contribution in [-0.4, -0.2) is 44.1 Å². The number of rotatable bonds is 6. The quantitative estimate of drug-likeness (QED) is 0.683. The maximum absolute atomic E-state index is 11.3. The van der Waals surface area contributed by atoms with E-state index in [0.717, 1.165) is 44.2 Å². The minimum atomic E-state index is -0.387. The molecular formula is C25H27N3O2. The topological polar surface area (TPSA) is 58.8 Å². The summed E-state index contributed by atoms with van der Waals surface area (Å²) >= 11 is 0. The standard InChI is InChI=1S/C25H27N3O2/c1-30-23-12-8-19(9-13-23)24-5-3-2-4-21(24)18-27-14-16-28(17-15-27)22-10-6-20(7-11-22)25(26)29/h2-13H,14-18H2,1H3,(H2,26,29). The van der Waals surface area contributed by atoms with Crippen molar-refractivity contribution in [3.63, 3.8) is 0 Å². The highest BCUT2D eigenvalue weighted by atomic mass is 16.5. The Hall–Kier alpha value is -3.31. The van der Waals surface area contributed by atoms with Crippen LogP contribution in [0.25, 0.3) is 11.1 Å². The minimum Gasteiger partial charge on any atom is -0.497 e. The fourth-order valence-electron chi connectivity index (χ4n) is 3.95. The van der Waals surface area contributed by atoms with Crippen LogP contribution in [0.1, 0.15) is 15.9 Å². The highest BCUT2D eigenvalue weighted by molar-refractivity contribution is 5.93. The molecule has 0 spiro atoms. The molecule has 5 heteroatoms. The van der Waals surface area contributed by atoms with Crippen LogP contribution in [0.4, 0.5) is 5.69 Å². The van der Waals surface area contributed by atoms with Gasteiger partial charge >= 0.3 is 0 Å². The number of amides is 1. The van der Waals surface area contributed by atoms with Crippen LogP contribution < -0.4 is 15.4 Å². The second-order valence-corrected chi connectivity index (χ2v) is 7.56. The lowest BCUT2D eigenvalue weighted by Gasteiger charge is -2.36. The average molecular weight is 402 g/mol. The molecule has 1 aliphatic rings. The normalized spacial score (nSPS) is 14.5. The largest absolute Gasteiger partial charge is 0.497 e. The molecule has 5 nitrogen and oxygen atoms in total. The number of methoxy groups -OCH3 is 1. The molecule has 154 valence electrons. The molecule has 0 bridgehead atoms. The summed E-state index contributed by atoms with van der Waals surface area (Å²) in [5.74, 6) is 0.484. The minimum absolute atomic E-state index is 0.387. The second-order valence-electron chi connectivity index (χ2n) is 7.56. The first-order chi connectivity index (χ1) is 14.6. The van der Waals surface area contributed by atoms with Gasteiger partial charge in [0.1, 0.15) is 5.75 Å². The van der Waals surface area contributed by atoms with Crippen LogP contribution in [0.3, 0.4) is 0 Å². The van der Waals surface area contributed by atoms with E-state index in [-0.39, 0.29) is 5.91 Å².